The zero-order valence-electron chi connectivity index (χ0n) is 11.1. The van der Waals surface area contributed by atoms with Gasteiger partial charge in [0.05, 0.1) is 12.7 Å². The Hall–Kier alpha value is -1.21. The maximum atomic E-state index is 11.5. The molecule has 0 saturated heterocycles. The topological polar surface area (TPSA) is 70.5 Å². The molecular weight excluding hydrogens is 268 g/mol. The van der Waals surface area contributed by atoms with E-state index in [1.807, 2.05) is 0 Å². The van der Waals surface area contributed by atoms with Crippen molar-refractivity contribution in [3.63, 3.8) is 0 Å². The van der Waals surface area contributed by atoms with E-state index in [1.54, 1.807) is 14.0 Å². The van der Waals surface area contributed by atoms with Gasteiger partial charge in [0.25, 0.3) is 5.19 Å². The van der Waals surface area contributed by atoms with Crippen molar-refractivity contribution in [2.24, 2.45) is 0 Å². The Labute approximate surface area is 116 Å². The van der Waals surface area contributed by atoms with Gasteiger partial charge in [0.15, 0.2) is 0 Å². The van der Waals surface area contributed by atoms with Crippen LogP contribution in [0.3, 0.4) is 0 Å². The number of carbonyl (C=O) groups excluding carboxylic acids is 1. The highest BCUT2D eigenvalue weighted by Crippen LogP contribution is 2.27. The molecule has 1 aromatic heterocycles. The highest BCUT2D eigenvalue weighted by molar-refractivity contribution is 7.14. The smallest absolute Gasteiger partial charge is 0.369 e. The maximum Gasteiger partial charge on any atom is 0.369 e. The molecule has 19 heavy (non-hydrogen) atoms. The molecule has 6 nitrogen and oxygen atoms in total. The van der Waals surface area contributed by atoms with Crippen molar-refractivity contribution in [3.05, 3.63) is 5.01 Å². The summed E-state index contributed by atoms with van der Waals surface area (Å²) in [5.74, 6) is -0.451. The van der Waals surface area contributed by atoms with Gasteiger partial charge in [-0.2, -0.15) is 0 Å². The minimum absolute atomic E-state index is 0.0849. The predicted molar refractivity (Wildman–Crippen MR) is 69.5 cm³/mol. The van der Waals surface area contributed by atoms with Crippen LogP contribution in [-0.4, -0.2) is 42.1 Å². The van der Waals surface area contributed by atoms with E-state index in [9.17, 15) is 4.79 Å². The van der Waals surface area contributed by atoms with Crippen LogP contribution >= 0.6 is 11.3 Å². The summed E-state index contributed by atoms with van der Waals surface area (Å²) in [6.45, 7) is 2.08. The molecule has 1 aliphatic carbocycles. The molecule has 2 atom stereocenters. The zero-order chi connectivity index (χ0) is 13.7. The second-order valence-electron chi connectivity index (χ2n) is 4.36. The molecule has 7 heteroatoms. The molecule has 1 aromatic rings. The summed E-state index contributed by atoms with van der Waals surface area (Å²) in [6.07, 6.45) is 4.31. The van der Waals surface area contributed by atoms with Gasteiger partial charge >= 0.3 is 5.97 Å². The monoisotopic (exact) mass is 286 g/mol. The average Bonchev–Trinajstić information content (AvgIpc) is 2.88. The number of hydrogen-bond acceptors (Lipinski definition) is 7. The van der Waals surface area contributed by atoms with Crippen molar-refractivity contribution in [1.82, 2.24) is 10.2 Å². The molecule has 1 aliphatic rings. The highest BCUT2D eigenvalue weighted by atomic mass is 32.1. The molecule has 0 amide bonds. The van der Waals surface area contributed by atoms with Crippen LogP contribution in [0.1, 0.15) is 42.4 Å². The Morgan fingerprint density at radius 1 is 1.37 bits per heavy atom. The van der Waals surface area contributed by atoms with E-state index in [4.69, 9.17) is 14.2 Å². The van der Waals surface area contributed by atoms with Crippen molar-refractivity contribution in [3.8, 4) is 5.19 Å². The standard InChI is InChI=1S/C12H18N2O4S/c1-3-17-11(15)10-13-14-12(19-10)18-9-6-4-5-8(7-9)16-2/h8-9H,3-7H2,1-2H3. The van der Waals surface area contributed by atoms with E-state index >= 15 is 0 Å². The number of aromatic nitrogens is 2. The lowest BCUT2D eigenvalue weighted by Crippen LogP contribution is -2.29. The molecule has 1 fully saturated rings. The van der Waals surface area contributed by atoms with Crippen LogP contribution < -0.4 is 4.74 Å². The predicted octanol–water partition coefficient (Wildman–Crippen LogP) is 2.05. The molecule has 1 saturated carbocycles. The number of carbonyl (C=O) groups is 1. The average molecular weight is 286 g/mol. The Morgan fingerprint density at radius 2 is 2.16 bits per heavy atom. The Kier molecular flexibility index (Phi) is 5.09. The first kappa shape index (κ1) is 14.2. The fourth-order valence-electron chi connectivity index (χ4n) is 2.10. The summed E-state index contributed by atoms with van der Waals surface area (Å²) in [4.78, 5) is 11.5. The number of methoxy groups -OCH3 is 1. The van der Waals surface area contributed by atoms with Crippen LogP contribution in [0, 0.1) is 0 Å². The molecule has 0 radical (unpaired) electrons. The summed E-state index contributed by atoms with van der Waals surface area (Å²) >= 11 is 1.12. The summed E-state index contributed by atoms with van der Waals surface area (Å²) in [6, 6.07) is 0. The normalized spacial score (nSPS) is 23.1. The second kappa shape index (κ2) is 6.81. The fraction of sp³-hybridized carbons (Fsp3) is 0.750. The summed E-state index contributed by atoms with van der Waals surface area (Å²) in [7, 11) is 1.72. The van der Waals surface area contributed by atoms with E-state index < -0.39 is 5.97 Å². The van der Waals surface area contributed by atoms with Gasteiger partial charge in [-0.25, -0.2) is 4.79 Å². The summed E-state index contributed by atoms with van der Waals surface area (Å²) < 4.78 is 16.0. The molecule has 1 heterocycles. The minimum atomic E-state index is -0.451. The molecule has 2 unspecified atom stereocenters. The van der Waals surface area contributed by atoms with Crippen molar-refractivity contribution in [2.75, 3.05) is 13.7 Å². The van der Waals surface area contributed by atoms with Gasteiger partial charge in [-0.15, -0.1) is 5.10 Å². The molecule has 0 spiro atoms. The van der Waals surface area contributed by atoms with E-state index in [0.29, 0.717) is 11.8 Å². The molecular formula is C12H18N2O4S. The van der Waals surface area contributed by atoms with Crippen LogP contribution in [0.4, 0.5) is 0 Å². The quantitative estimate of drug-likeness (QED) is 0.772. The van der Waals surface area contributed by atoms with Gasteiger partial charge in [-0.3, -0.25) is 0 Å². The van der Waals surface area contributed by atoms with E-state index in [-0.39, 0.29) is 17.2 Å². The Balaban J connectivity index is 1.90. The van der Waals surface area contributed by atoms with E-state index in [0.717, 1.165) is 37.0 Å². The Morgan fingerprint density at radius 3 is 2.89 bits per heavy atom. The molecule has 0 N–H and O–H groups in total. The lowest BCUT2D eigenvalue weighted by Gasteiger charge is -2.27. The minimum Gasteiger partial charge on any atom is -0.466 e. The Bertz CT molecular complexity index is 424. The van der Waals surface area contributed by atoms with Gasteiger partial charge < -0.3 is 14.2 Å². The highest BCUT2D eigenvalue weighted by Gasteiger charge is 2.24. The largest absolute Gasteiger partial charge is 0.466 e. The fourth-order valence-corrected chi connectivity index (χ4v) is 2.75. The third-order valence-electron chi connectivity index (χ3n) is 3.04. The van der Waals surface area contributed by atoms with Crippen molar-refractivity contribution >= 4 is 17.3 Å². The first-order valence-electron chi connectivity index (χ1n) is 6.43. The van der Waals surface area contributed by atoms with Gasteiger partial charge in [0.2, 0.25) is 5.01 Å². The SMILES string of the molecule is CCOC(=O)c1nnc(OC2CCCC(OC)C2)s1. The molecule has 0 aliphatic heterocycles. The lowest BCUT2D eigenvalue weighted by atomic mass is 9.95. The summed E-state index contributed by atoms with van der Waals surface area (Å²) in [5.41, 5.74) is 0. The second-order valence-corrected chi connectivity index (χ2v) is 5.30. The third-order valence-corrected chi connectivity index (χ3v) is 3.83. The van der Waals surface area contributed by atoms with E-state index in [2.05, 4.69) is 10.2 Å². The van der Waals surface area contributed by atoms with E-state index in [1.165, 1.54) is 0 Å². The van der Waals surface area contributed by atoms with Crippen molar-refractivity contribution in [2.45, 2.75) is 44.8 Å². The maximum absolute atomic E-state index is 11.5. The van der Waals surface area contributed by atoms with Gasteiger partial charge in [-0.05, 0) is 37.5 Å². The van der Waals surface area contributed by atoms with Gasteiger partial charge in [-0.1, -0.05) is 5.10 Å². The van der Waals surface area contributed by atoms with Crippen molar-refractivity contribution < 1.29 is 19.0 Å². The summed E-state index contributed by atoms with van der Waals surface area (Å²) in [5, 5.41) is 8.30. The number of nitrogens with zero attached hydrogens (tertiary/aromatic N) is 2. The van der Waals surface area contributed by atoms with Crippen LogP contribution in [0.15, 0.2) is 0 Å². The lowest BCUT2D eigenvalue weighted by molar-refractivity contribution is 0.0207. The van der Waals surface area contributed by atoms with Gasteiger partial charge in [0.1, 0.15) is 6.10 Å². The first-order valence-corrected chi connectivity index (χ1v) is 7.24. The van der Waals surface area contributed by atoms with Crippen LogP contribution in [0.5, 0.6) is 5.19 Å². The molecule has 0 bridgehead atoms. The molecule has 2 rings (SSSR count). The van der Waals surface area contributed by atoms with Crippen LogP contribution in [0.25, 0.3) is 0 Å². The number of hydrogen-bond donors (Lipinski definition) is 0. The number of rotatable bonds is 5. The molecule has 0 aromatic carbocycles. The van der Waals surface area contributed by atoms with Gasteiger partial charge in [0, 0.05) is 13.5 Å². The number of esters is 1. The molecule has 106 valence electrons. The van der Waals surface area contributed by atoms with Crippen LogP contribution in [-0.2, 0) is 9.47 Å². The third kappa shape index (κ3) is 3.87. The van der Waals surface area contributed by atoms with Crippen LogP contribution in [0.2, 0.25) is 0 Å². The van der Waals surface area contributed by atoms with Crippen molar-refractivity contribution in [1.29, 1.82) is 0 Å². The zero-order valence-corrected chi connectivity index (χ0v) is 11.9. The number of ether oxygens (including phenoxy) is 3. The first-order chi connectivity index (χ1) is 9.22.